The molecule has 2 saturated heterocycles. The summed E-state index contributed by atoms with van der Waals surface area (Å²) in [5, 5.41) is 3.55. The average molecular weight is 197 g/mol. The van der Waals surface area contributed by atoms with Gasteiger partial charge in [0.1, 0.15) is 0 Å². The van der Waals surface area contributed by atoms with E-state index in [9.17, 15) is 0 Å². The van der Waals surface area contributed by atoms with Gasteiger partial charge in [0.25, 0.3) is 0 Å². The highest BCUT2D eigenvalue weighted by Crippen LogP contribution is 2.41. The van der Waals surface area contributed by atoms with Gasteiger partial charge < -0.3 is 9.47 Å². The molecule has 0 aromatic rings. The molecule has 5 heteroatoms. The Balaban J connectivity index is 1.96. The van der Waals surface area contributed by atoms with Crippen LogP contribution in [-0.2, 0) is 9.47 Å². The number of ether oxygens (including phenoxy) is 2. The largest absolute Gasteiger partial charge is 0.375 e. The lowest BCUT2D eigenvalue weighted by molar-refractivity contribution is -0.0753. The Hall–Kier alpha value is -0.770. The van der Waals surface area contributed by atoms with E-state index in [1.165, 1.54) is 0 Å². The average Bonchev–Trinajstić information content (AvgIpc) is 2.74. The first-order valence-electron chi connectivity index (χ1n) is 5.07. The summed E-state index contributed by atoms with van der Waals surface area (Å²) in [4.78, 5) is 2.75. The summed E-state index contributed by atoms with van der Waals surface area (Å²) in [6, 6.07) is 0. The van der Waals surface area contributed by atoms with Gasteiger partial charge in [-0.15, -0.1) is 0 Å². The van der Waals surface area contributed by atoms with Crippen LogP contribution in [0.25, 0.3) is 10.4 Å². The fourth-order valence-electron chi connectivity index (χ4n) is 2.36. The summed E-state index contributed by atoms with van der Waals surface area (Å²) in [7, 11) is 0. The van der Waals surface area contributed by atoms with Crippen LogP contribution in [0.2, 0.25) is 0 Å². The molecule has 2 heterocycles. The van der Waals surface area contributed by atoms with Crippen LogP contribution in [-0.4, -0.2) is 31.0 Å². The van der Waals surface area contributed by atoms with Gasteiger partial charge in [0.05, 0.1) is 24.4 Å². The van der Waals surface area contributed by atoms with Gasteiger partial charge in [-0.05, 0) is 25.3 Å². The zero-order valence-corrected chi connectivity index (χ0v) is 8.35. The normalized spacial score (nSPS) is 41.5. The van der Waals surface area contributed by atoms with E-state index in [2.05, 4.69) is 16.9 Å². The van der Waals surface area contributed by atoms with E-state index in [1.54, 1.807) is 0 Å². The SMILES string of the molecule is C[C@@H]1OCC[C@]12CC[C@@H](CN=[N+]=[N-])O2. The molecule has 0 bridgehead atoms. The molecule has 14 heavy (non-hydrogen) atoms. The highest BCUT2D eigenvalue weighted by Gasteiger charge is 2.47. The molecule has 2 aliphatic rings. The molecule has 0 saturated carbocycles. The van der Waals surface area contributed by atoms with E-state index in [-0.39, 0.29) is 17.8 Å². The number of rotatable bonds is 2. The van der Waals surface area contributed by atoms with Crippen molar-refractivity contribution in [3.63, 3.8) is 0 Å². The molecule has 2 aliphatic heterocycles. The van der Waals surface area contributed by atoms with Crippen molar-refractivity contribution in [2.24, 2.45) is 5.11 Å². The number of nitrogens with zero attached hydrogens (tertiary/aromatic N) is 3. The minimum absolute atomic E-state index is 0.0877. The Morgan fingerprint density at radius 3 is 3.07 bits per heavy atom. The van der Waals surface area contributed by atoms with Crippen LogP contribution in [0.4, 0.5) is 0 Å². The maximum absolute atomic E-state index is 8.21. The highest BCUT2D eigenvalue weighted by atomic mass is 16.6. The van der Waals surface area contributed by atoms with Crippen molar-refractivity contribution in [3.8, 4) is 0 Å². The molecule has 1 spiro atoms. The second-order valence-corrected chi connectivity index (χ2v) is 4.02. The molecule has 0 amide bonds. The van der Waals surface area contributed by atoms with Crippen LogP contribution in [0.5, 0.6) is 0 Å². The van der Waals surface area contributed by atoms with Gasteiger partial charge in [0.2, 0.25) is 0 Å². The molecule has 78 valence electrons. The van der Waals surface area contributed by atoms with Crippen LogP contribution in [0.1, 0.15) is 26.2 Å². The molecule has 0 N–H and O–H groups in total. The summed E-state index contributed by atoms with van der Waals surface area (Å²) in [5.41, 5.74) is 8.13. The first-order chi connectivity index (χ1) is 6.77. The maximum atomic E-state index is 8.21. The number of hydrogen-bond donors (Lipinski definition) is 0. The Morgan fingerprint density at radius 1 is 1.57 bits per heavy atom. The van der Waals surface area contributed by atoms with Gasteiger partial charge in [0, 0.05) is 17.9 Å². The molecule has 3 atom stereocenters. The first-order valence-corrected chi connectivity index (χ1v) is 5.07. The van der Waals surface area contributed by atoms with Crippen LogP contribution < -0.4 is 0 Å². The van der Waals surface area contributed by atoms with Gasteiger partial charge in [-0.3, -0.25) is 0 Å². The van der Waals surface area contributed by atoms with E-state index in [0.717, 1.165) is 25.9 Å². The Bertz CT molecular complexity index is 265. The fourth-order valence-corrected chi connectivity index (χ4v) is 2.36. The minimum atomic E-state index is -0.0877. The summed E-state index contributed by atoms with van der Waals surface area (Å²) in [6.45, 7) is 3.29. The molecule has 0 aromatic carbocycles. The lowest BCUT2D eigenvalue weighted by atomic mass is 9.93. The van der Waals surface area contributed by atoms with Crippen molar-refractivity contribution in [3.05, 3.63) is 10.4 Å². The molecular formula is C9H15N3O2. The van der Waals surface area contributed by atoms with Crippen molar-refractivity contribution < 1.29 is 9.47 Å². The Morgan fingerprint density at radius 2 is 2.43 bits per heavy atom. The quantitative estimate of drug-likeness (QED) is 0.386. The van der Waals surface area contributed by atoms with Gasteiger partial charge in [-0.2, -0.15) is 0 Å². The Labute approximate surface area is 83.0 Å². The number of hydrogen-bond acceptors (Lipinski definition) is 3. The van der Waals surface area contributed by atoms with Crippen molar-refractivity contribution in [1.82, 2.24) is 0 Å². The lowest BCUT2D eigenvalue weighted by Gasteiger charge is -2.27. The summed E-state index contributed by atoms with van der Waals surface area (Å²) < 4.78 is 11.4. The van der Waals surface area contributed by atoms with E-state index >= 15 is 0 Å². The lowest BCUT2D eigenvalue weighted by Crippen LogP contribution is -2.36. The van der Waals surface area contributed by atoms with Crippen LogP contribution in [0, 0.1) is 0 Å². The minimum Gasteiger partial charge on any atom is -0.375 e. The van der Waals surface area contributed by atoms with Crippen molar-refractivity contribution in [2.45, 2.75) is 44.0 Å². The van der Waals surface area contributed by atoms with Gasteiger partial charge >= 0.3 is 0 Å². The second-order valence-electron chi connectivity index (χ2n) is 4.02. The predicted molar refractivity (Wildman–Crippen MR) is 50.9 cm³/mol. The van der Waals surface area contributed by atoms with Crippen molar-refractivity contribution in [1.29, 1.82) is 0 Å². The van der Waals surface area contributed by atoms with Crippen LogP contribution in [0.15, 0.2) is 5.11 Å². The highest BCUT2D eigenvalue weighted by molar-refractivity contribution is 4.97. The Kier molecular flexibility index (Phi) is 2.63. The second kappa shape index (κ2) is 3.77. The van der Waals surface area contributed by atoms with E-state index in [4.69, 9.17) is 15.0 Å². The molecular weight excluding hydrogens is 182 g/mol. The van der Waals surface area contributed by atoms with Gasteiger partial charge in [-0.25, -0.2) is 0 Å². The maximum Gasteiger partial charge on any atom is 0.0966 e. The molecule has 0 aliphatic carbocycles. The molecule has 5 nitrogen and oxygen atoms in total. The smallest absolute Gasteiger partial charge is 0.0966 e. The third kappa shape index (κ3) is 1.59. The van der Waals surface area contributed by atoms with E-state index in [1.807, 2.05) is 0 Å². The van der Waals surface area contributed by atoms with Gasteiger partial charge in [-0.1, -0.05) is 5.11 Å². The molecule has 0 unspecified atom stereocenters. The van der Waals surface area contributed by atoms with Crippen LogP contribution >= 0.6 is 0 Å². The zero-order valence-electron chi connectivity index (χ0n) is 8.35. The summed E-state index contributed by atoms with van der Waals surface area (Å²) in [5.74, 6) is 0. The first kappa shape index (κ1) is 9.77. The van der Waals surface area contributed by atoms with Crippen LogP contribution in [0.3, 0.4) is 0 Å². The van der Waals surface area contributed by atoms with Gasteiger partial charge in [0.15, 0.2) is 0 Å². The van der Waals surface area contributed by atoms with E-state index < -0.39 is 0 Å². The van der Waals surface area contributed by atoms with Crippen molar-refractivity contribution >= 4 is 0 Å². The number of azide groups is 1. The summed E-state index contributed by atoms with van der Waals surface area (Å²) >= 11 is 0. The predicted octanol–water partition coefficient (Wildman–Crippen LogP) is 2.02. The monoisotopic (exact) mass is 197 g/mol. The molecule has 0 radical (unpaired) electrons. The summed E-state index contributed by atoms with van der Waals surface area (Å²) in [6.07, 6.45) is 3.25. The van der Waals surface area contributed by atoms with E-state index in [0.29, 0.717) is 6.54 Å². The van der Waals surface area contributed by atoms with Crippen molar-refractivity contribution in [2.75, 3.05) is 13.2 Å². The fraction of sp³-hybridized carbons (Fsp3) is 1.00. The molecule has 0 aromatic heterocycles. The standard InChI is InChI=1S/C9H15N3O2/c1-7-9(4-5-13-7)3-2-8(14-9)6-11-12-10/h7-8H,2-6H2,1H3/t7-,8-,9+/m0/s1. The zero-order chi connectivity index (χ0) is 10.0. The third-order valence-corrected chi connectivity index (χ3v) is 3.27. The molecule has 2 fully saturated rings. The molecule has 2 rings (SSSR count). The third-order valence-electron chi connectivity index (χ3n) is 3.27. The topological polar surface area (TPSA) is 67.2 Å².